The van der Waals surface area contributed by atoms with Gasteiger partial charge in [-0.2, -0.15) is 0 Å². The van der Waals surface area contributed by atoms with Crippen molar-refractivity contribution in [3.05, 3.63) is 59.7 Å². The van der Waals surface area contributed by atoms with E-state index in [-0.39, 0.29) is 12.6 Å². The van der Waals surface area contributed by atoms with E-state index in [9.17, 15) is 4.79 Å². The average Bonchev–Trinajstić information content (AvgIpc) is 2.83. The minimum absolute atomic E-state index is 0.253. The van der Waals surface area contributed by atoms with Crippen molar-refractivity contribution in [1.29, 1.82) is 0 Å². The van der Waals surface area contributed by atoms with Gasteiger partial charge >= 0.3 is 5.97 Å². The summed E-state index contributed by atoms with van der Waals surface area (Å²) in [6.07, 6.45) is 11.7. The zero-order chi connectivity index (χ0) is 22.6. The first-order chi connectivity index (χ1) is 15.7. The highest BCUT2D eigenvalue weighted by atomic mass is 16.5. The molecule has 1 aliphatic carbocycles. The Morgan fingerprint density at radius 2 is 1.53 bits per heavy atom. The fourth-order valence-electron chi connectivity index (χ4n) is 4.61. The molecule has 1 saturated carbocycles. The molecule has 174 valence electrons. The van der Waals surface area contributed by atoms with Crippen LogP contribution >= 0.6 is 0 Å². The van der Waals surface area contributed by atoms with E-state index < -0.39 is 0 Å². The molecule has 32 heavy (non-hydrogen) atoms. The summed E-state index contributed by atoms with van der Waals surface area (Å²) < 4.78 is 11.3. The van der Waals surface area contributed by atoms with Crippen LogP contribution in [-0.4, -0.2) is 24.3 Å². The van der Waals surface area contributed by atoms with E-state index in [4.69, 9.17) is 14.6 Å². The lowest BCUT2D eigenvalue weighted by molar-refractivity contribution is 0.0734. The molecular weight excluding hydrogens is 400 g/mol. The maximum absolute atomic E-state index is 12.5. The van der Waals surface area contributed by atoms with Crippen molar-refractivity contribution >= 4 is 5.97 Å². The molecule has 0 atom stereocenters. The van der Waals surface area contributed by atoms with Gasteiger partial charge in [-0.3, -0.25) is 0 Å². The van der Waals surface area contributed by atoms with Gasteiger partial charge in [-0.15, -0.1) is 0 Å². The number of ether oxygens (including phenoxy) is 2. The van der Waals surface area contributed by atoms with Crippen LogP contribution in [0.5, 0.6) is 11.5 Å². The van der Waals surface area contributed by atoms with Crippen LogP contribution in [0.25, 0.3) is 0 Å². The second-order valence-corrected chi connectivity index (χ2v) is 8.98. The first kappa shape index (κ1) is 24.3. The molecule has 0 amide bonds. The molecule has 3 rings (SSSR count). The molecule has 1 fully saturated rings. The van der Waals surface area contributed by atoms with Gasteiger partial charge in [-0.1, -0.05) is 38.3 Å². The summed E-state index contributed by atoms with van der Waals surface area (Å²) in [6, 6.07) is 15.2. The maximum Gasteiger partial charge on any atom is 0.343 e. The third kappa shape index (κ3) is 7.67. The van der Waals surface area contributed by atoms with Gasteiger partial charge in [0, 0.05) is 6.61 Å². The standard InChI is InChI=1S/C28H38O4/c1-2-7-22-8-10-23(11-9-22)24-12-18-27(19-13-24)32-28(30)25-14-16-26(17-15-25)31-21-6-4-3-5-20-29/h12-19,22-23,29H,2-11,20-21H2,1H3/t22-,23-. The monoisotopic (exact) mass is 438 g/mol. The number of hydrogen-bond acceptors (Lipinski definition) is 4. The zero-order valence-corrected chi connectivity index (χ0v) is 19.4. The summed E-state index contributed by atoms with van der Waals surface area (Å²) in [7, 11) is 0. The quantitative estimate of drug-likeness (QED) is 0.222. The minimum atomic E-state index is -0.353. The van der Waals surface area contributed by atoms with Crippen molar-refractivity contribution in [3.8, 4) is 11.5 Å². The minimum Gasteiger partial charge on any atom is -0.494 e. The number of rotatable bonds is 12. The van der Waals surface area contributed by atoms with Gasteiger partial charge in [0.25, 0.3) is 0 Å². The van der Waals surface area contributed by atoms with Crippen molar-refractivity contribution in [3.63, 3.8) is 0 Å². The molecule has 4 nitrogen and oxygen atoms in total. The Hall–Kier alpha value is -2.33. The van der Waals surface area contributed by atoms with Crippen molar-refractivity contribution < 1.29 is 19.4 Å². The van der Waals surface area contributed by atoms with E-state index in [1.807, 2.05) is 24.3 Å². The third-order valence-corrected chi connectivity index (χ3v) is 6.52. The largest absolute Gasteiger partial charge is 0.494 e. The second kappa shape index (κ2) is 13.3. The number of unbranched alkanes of at least 4 members (excludes halogenated alkanes) is 3. The van der Waals surface area contributed by atoms with Crippen molar-refractivity contribution in [1.82, 2.24) is 0 Å². The van der Waals surface area contributed by atoms with Gasteiger partial charge in [0.15, 0.2) is 0 Å². The highest BCUT2D eigenvalue weighted by molar-refractivity contribution is 5.91. The van der Waals surface area contributed by atoms with Crippen LogP contribution in [0, 0.1) is 5.92 Å². The van der Waals surface area contributed by atoms with Crippen LogP contribution in [0.1, 0.15) is 93.0 Å². The molecule has 0 aliphatic heterocycles. The maximum atomic E-state index is 12.5. The highest BCUT2D eigenvalue weighted by Gasteiger charge is 2.21. The molecule has 1 N–H and O–H groups in total. The first-order valence-electron chi connectivity index (χ1n) is 12.4. The average molecular weight is 439 g/mol. The van der Waals surface area contributed by atoms with E-state index >= 15 is 0 Å². The Kier molecular flexibility index (Phi) is 10.1. The number of aliphatic hydroxyl groups is 1. The lowest BCUT2D eigenvalue weighted by atomic mass is 9.77. The fourth-order valence-corrected chi connectivity index (χ4v) is 4.61. The Balaban J connectivity index is 1.43. The van der Waals surface area contributed by atoms with Crippen LogP contribution in [-0.2, 0) is 0 Å². The Labute approximate surface area is 193 Å². The van der Waals surface area contributed by atoms with Crippen LogP contribution in [0.2, 0.25) is 0 Å². The van der Waals surface area contributed by atoms with Crippen molar-refractivity contribution in [2.75, 3.05) is 13.2 Å². The molecule has 0 spiro atoms. The Morgan fingerprint density at radius 1 is 0.875 bits per heavy atom. The number of esters is 1. The van der Waals surface area contributed by atoms with Crippen LogP contribution < -0.4 is 9.47 Å². The number of carbonyl (C=O) groups excluding carboxylic acids is 1. The highest BCUT2D eigenvalue weighted by Crippen LogP contribution is 2.37. The summed E-state index contributed by atoms with van der Waals surface area (Å²) in [5.74, 6) is 2.52. The van der Waals surface area contributed by atoms with Gasteiger partial charge < -0.3 is 14.6 Å². The molecular formula is C28H38O4. The molecule has 0 aromatic heterocycles. The predicted molar refractivity (Wildman–Crippen MR) is 128 cm³/mol. The zero-order valence-electron chi connectivity index (χ0n) is 19.4. The van der Waals surface area contributed by atoms with Gasteiger partial charge in [0.05, 0.1) is 12.2 Å². The summed E-state index contributed by atoms with van der Waals surface area (Å²) in [6.45, 7) is 3.17. The van der Waals surface area contributed by atoms with Crippen molar-refractivity contribution in [2.45, 2.75) is 77.0 Å². The normalized spacial score (nSPS) is 18.3. The smallest absolute Gasteiger partial charge is 0.343 e. The van der Waals surface area contributed by atoms with Crippen LogP contribution in [0.4, 0.5) is 0 Å². The molecule has 4 heteroatoms. The topological polar surface area (TPSA) is 55.8 Å². The summed E-state index contributed by atoms with van der Waals surface area (Å²) in [4.78, 5) is 12.5. The molecule has 0 saturated heterocycles. The lowest BCUT2D eigenvalue weighted by Gasteiger charge is -2.28. The SMILES string of the molecule is CCC[C@H]1CC[C@H](c2ccc(OC(=O)c3ccc(OCCCCCCO)cc3)cc2)CC1. The number of benzene rings is 2. The third-order valence-electron chi connectivity index (χ3n) is 6.52. The fraction of sp³-hybridized carbons (Fsp3) is 0.536. The first-order valence-corrected chi connectivity index (χ1v) is 12.4. The van der Waals surface area contributed by atoms with E-state index in [0.717, 1.165) is 37.4 Å². The lowest BCUT2D eigenvalue weighted by Crippen LogP contribution is -2.13. The second-order valence-electron chi connectivity index (χ2n) is 8.98. The number of hydrogen-bond donors (Lipinski definition) is 1. The summed E-state index contributed by atoms with van der Waals surface area (Å²) in [5.41, 5.74) is 1.87. The summed E-state index contributed by atoms with van der Waals surface area (Å²) >= 11 is 0. The molecule has 2 aromatic rings. The molecule has 2 aromatic carbocycles. The van der Waals surface area contributed by atoms with Gasteiger partial charge in [0.2, 0.25) is 0 Å². The Morgan fingerprint density at radius 3 is 2.19 bits per heavy atom. The Bertz CT molecular complexity index is 789. The van der Waals surface area contributed by atoms with Crippen LogP contribution in [0.3, 0.4) is 0 Å². The molecule has 0 radical (unpaired) electrons. The van der Waals surface area contributed by atoms with E-state index in [1.165, 1.54) is 44.1 Å². The molecule has 0 unspecified atom stereocenters. The molecule has 0 heterocycles. The summed E-state index contributed by atoms with van der Waals surface area (Å²) in [5, 5.41) is 8.78. The van der Waals surface area contributed by atoms with Gasteiger partial charge in [0.1, 0.15) is 11.5 Å². The van der Waals surface area contributed by atoms with Crippen LogP contribution in [0.15, 0.2) is 48.5 Å². The number of aliphatic hydroxyl groups excluding tert-OH is 1. The van der Waals surface area contributed by atoms with E-state index in [0.29, 0.717) is 23.8 Å². The van der Waals surface area contributed by atoms with Gasteiger partial charge in [-0.25, -0.2) is 4.79 Å². The number of carbonyl (C=O) groups is 1. The van der Waals surface area contributed by atoms with E-state index in [2.05, 4.69) is 19.1 Å². The van der Waals surface area contributed by atoms with Crippen molar-refractivity contribution in [2.24, 2.45) is 5.92 Å². The predicted octanol–water partition coefficient (Wildman–Crippen LogP) is 6.91. The molecule has 0 bridgehead atoms. The van der Waals surface area contributed by atoms with Gasteiger partial charge in [-0.05, 0) is 98.7 Å². The molecule has 1 aliphatic rings. The van der Waals surface area contributed by atoms with E-state index in [1.54, 1.807) is 12.1 Å².